The predicted molar refractivity (Wildman–Crippen MR) is 68.8 cm³/mol. The zero-order chi connectivity index (χ0) is 13.3. The van der Waals surface area contributed by atoms with Crippen LogP contribution in [0.1, 0.15) is 6.42 Å². The molecular weight excluding hydrogens is 304 g/mol. The molecule has 0 bridgehead atoms. The second kappa shape index (κ2) is 4.77. The number of aromatic nitrogens is 2. The lowest BCUT2D eigenvalue weighted by molar-refractivity contribution is -0.137. The fourth-order valence-corrected chi connectivity index (χ4v) is 2.00. The molecule has 0 amide bonds. The molecule has 1 aromatic carbocycles. The highest BCUT2D eigenvalue weighted by atomic mass is 79.9. The molecule has 0 saturated heterocycles. The van der Waals surface area contributed by atoms with Crippen molar-refractivity contribution < 1.29 is 9.90 Å². The smallest absolute Gasteiger partial charge is 0.328 e. The number of nitrogens with zero attached hydrogens (tertiary/aromatic N) is 1. The molecule has 6 nitrogen and oxygen atoms in total. The summed E-state index contributed by atoms with van der Waals surface area (Å²) in [6.45, 7) is -0.143. The lowest BCUT2D eigenvalue weighted by Crippen LogP contribution is -2.35. The second-order valence-electron chi connectivity index (χ2n) is 3.72. The Morgan fingerprint density at radius 3 is 2.78 bits per heavy atom. The summed E-state index contributed by atoms with van der Waals surface area (Å²) in [7, 11) is 0. The highest BCUT2D eigenvalue weighted by Crippen LogP contribution is 2.14. The monoisotopic (exact) mass is 312 g/mol. The number of carboxylic acids is 1. The average molecular weight is 313 g/mol. The van der Waals surface area contributed by atoms with Gasteiger partial charge in [-0.1, -0.05) is 15.9 Å². The lowest BCUT2D eigenvalue weighted by atomic mass is 10.2. The molecule has 0 aliphatic rings. The third-order valence-electron chi connectivity index (χ3n) is 2.49. The van der Waals surface area contributed by atoms with Gasteiger partial charge in [0.15, 0.2) is 0 Å². The number of aliphatic carboxylic acids is 1. The van der Waals surface area contributed by atoms with E-state index in [-0.39, 0.29) is 13.0 Å². The summed E-state index contributed by atoms with van der Waals surface area (Å²) in [5.41, 5.74) is -0.666. The van der Waals surface area contributed by atoms with Crippen molar-refractivity contribution in [3.05, 3.63) is 43.5 Å². The van der Waals surface area contributed by atoms with Gasteiger partial charge >= 0.3 is 11.7 Å². The summed E-state index contributed by atoms with van der Waals surface area (Å²) in [5.74, 6) is -1.06. The fourth-order valence-electron chi connectivity index (χ4n) is 1.64. The van der Waals surface area contributed by atoms with Crippen molar-refractivity contribution in [2.24, 2.45) is 0 Å². The third-order valence-corrected chi connectivity index (χ3v) is 2.99. The molecule has 0 aliphatic carbocycles. The Morgan fingerprint density at radius 1 is 1.39 bits per heavy atom. The van der Waals surface area contributed by atoms with E-state index in [1.807, 2.05) is 0 Å². The molecule has 1 aromatic heterocycles. The van der Waals surface area contributed by atoms with Gasteiger partial charge in [0.1, 0.15) is 0 Å². The van der Waals surface area contributed by atoms with Gasteiger partial charge in [0.25, 0.3) is 5.56 Å². The van der Waals surface area contributed by atoms with Gasteiger partial charge in [0.05, 0.1) is 17.3 Å². The molecule has 0 atom stereocenters. The van der Waals surface area contributed by atoms with Crippen molar-refractivity contribution in [2.75, 3.05) is 0 Å². The molecule has 0 spiro atoms. The average Bonchev–Trinajstić information content (AvgIpc) is 2.27. The van der Waals surface area contributed by atoms with Crippen molar-refractivity contribution in [3.8, 4) is 0 Å². The number of rotatable bonds is 3. The van der Waals surface area contributed by atoms with Crippen LogP contribution in [0.15, 0.2) is 32.3 Å². The van der Waals surface area contributed by atoms with Gasteiger partial charge in [-0.25, -0.2) is 4.79 Å². The number of hydrogen-bond donors (Lipinski definition) is 2. The van der Waals surface area contributed by atoms with Gasteiger partial charge in [-0.3, -0.25) is 14.2 Å². The molecule has 94 valence electrons. The standard InChI is InChI=1S/C11H9BrN2O4/c12-6-1-2-7-8(5-6)13-11(18)14(10(7)17)4-3-9(15)16/h1-2,5H,3-4H2,(H,13,18)(H,15,16). The van der Waals surface area contributed by atoms with Crippen LogP contribution in [0.4, 0.5) is 0 Å². The number of H-pyrrole nitrogens is 1. The molecule has 1 heterocycles. The van der Waals surface area contributed by atoms with Crippen molar-refractivity contribution in [1.82, 2.24) is 9.55 Å². The summed E-state index contributed by atoms with van der Waals surface area (Å²) in [6.07, 6.45) is -0.273. The highest BCUT2D eigenvalue weighted by molar-refractivity contribution is 9.10. The largest absolute Gasteiger partial charge is 0.481 e. The summed E-state index contributed by atoms with van der Waals surface area (Å²) in [5, 5.41) is 8.92. The Bertz CT molecular complexity index is 732. The van der Waals surface area contributed by atoms with E-state index in [0.717, 1.165) is 9.04 Å². The summed E-state index contributed by atoms with van der Waals surface area (Å²) < 4.78 is 1.64. The van der Waals surface area contributed by atoms with E-state index >= 15 is 0 Å². The van der Waals surface area contributed by atoms with Crippen LogP contribution in [0.2, 0.25) is 0 Å². The van der Waals surface area contributed by atoms with E-state index in [0.29, 0.717) is 10.9 Å². The quantitative estimate of drug-likeness (QED) is 0.881. The first kappa shape index (κ1) is 12.6. The maximum absolute atomic E-state index is 12.0. The molecule has 0 fully saturated rings. The SMILES string of the molecule is O=C(O)CCn1c(=O)[nH]c2cc(Br)ccc2c1=O. The maximum Gasteiger partial charge on any atom is 0.328 e. The van der Waals surface area contributed by atoms with Crippen LogP contribution < -0.4 is 11.2 Å². The van der Waals surface area contributed by atoms with Crippen molar-refractivity contribution in [3.63, 3.8) is 0 Å². The van der Waals surface area contributed by atoms with E-state index in [1.165, 1.54) is 0 Å². The number of halogens is 1. The normalized spacial score (nSPS) is 10.7. The van der Waals surface area contributed by atoms with Gasteiger partial charge in [-0.15, -0.1) is 0 Å². The molecule has 0 unspecified atom stereocenters. The number of fused-ring (bicyclic) bond motifs is 1. The van der Waals surface area contributed by atoms with Crippen LogP contribution in [-0.4, -0.2) is 20.6 Å². The Morgan fingerprint density at radius 2 is 2.11 bits per heavy atom. The molecule has 7 heteroatoms. The Labute approximate surface area is 109 Å². The van der Waals surface area contributed by atoms with Crippen LogP contribution in [0, 0.1) is 0 Å². The Hall–Kier alpha value is -1.89. The van der Waals surface area contributed by atoms with Crippen LogP contribution >= 0.6 is 15.9 Å². The highest BCUT2D eigenvalue weighted by Gasteiger charge is 2.09. The Balaban J connectivity index is 2.62. The molecule has 0 radical (unpaired) electrons. The summed E-state index contributed by atoms with van der Waals surface area (Å²) in [6, 6.07) is 4.89. The van der Waals surface area contributed by atoms with Crippen LogP contribution in [0.3, 0.4) is 0 Å². The van der Waals surface area contributed by atoms with Gasteiger partial charge in [0.2, 0.25) is 0 Å². The first-order chi connectivity index (χ1) is 8.49. The second-order valence-corrected chi connectivity index (χ2v) is 4.64. The van der Waals surface area contributed by atoms with Crippen molar-refractivity contribution in [2.45, 2.75) is 13.0 Å². The summed E-state index contributed by atoms with van der Waals surface area (Å²) >= 11 is 3.24. The molecule has 2 rings (SSSR count). The van der Waals surface area contributed by atoms with E-state index < -0.39 is 17.2 Å². The lowest BCUT2D eigenvalue weighted by Gasteiger charge is -2.04. The van der Waals surface area contributed by atoms with Gasteiger partial charge in [0, 0.05) is 11.0 Å². The van der Waals surface area contributed by atoms with Crippen LogP contribution in [0.25, 0.3) is 10.9 Å². The minimum atomic E-state index is -1.06. The maximum atomic E-state index is 12.0. The predicted octanol–water partition coefficient (Wildman–Crippen LogP) is 0.927. The molecular formula is C11H9BrN2O4. The molecule has 0 saturated carbocycles. The minimum Gasteiger partial charge on any atom is -0.481 e. The first-order valence-corrected chi connectivity index (χ1v) is 5.92. The van der Waals surface area contributed by atoms with E-state index in [1.54, 1.807) is 18.2 Å². The number of benzene rings is 1. The number of carbonyl (C=O) groups is 1. The van der Waals surface area contributed by atoms with E-state index in [9.17, 15) is 14.4 Å². The van der Waals surface area contributed by atoms with Gasteiger partial charge in [-0.2, -0.15) is 0 Å². The first-order valence-electron chi connectivity index (χ1n) is 5.13. The van der Waals surface area contributed by atoms with E-state index in [2.05, 4.69) is 20.9 Å². The number of nitrogens with one attached hydrogen (secondary N) is 1. The molecule has 2 N–H and O–H groups in total. The van der Waals surface area contributed by atoms with Crippen LogP contribution in [-0.2, 0) is 11.3 Å². The topological polar surface area (TPSA) is 92.2 Å². The van der Waals surface area contributed by atoms with Crippen molar-refractivity contribution in [1.29, 1.82) is 0 Å². The zero-order valence-electron chi connectivity index (χ0n) is 9.14. The number of aromatic amines is 1. The van der Waals surface area contributed by atoms with Crippen molar-refractivity contribution >= 4 is 32.8 Å². The van der Waals surface area contributed by atoms with E-state index in [4.69, 9.17) is 5.11 Å². The number of hydrogen-bond acceptors (Lipinski definition) is 3. The van der Waals surface area contributed by atoms with Gasteiger partial charge < -0.3 is 10.1 Å². The third kappa shape index (κ3) is 2.35. The summed E-state index contributed by atoms with van der Waals surface area (Å²) in [4.78, 5) is 36.7. The Kier molecular flexibility index (Phi) is 3.33. The molecule has 18 heavy (non-hydrogen) atoms. The van der Waals surface area contributed by atoms with Crippen LogP contribution in [0.5, 0.6) is 0 Å². The number of carboxylic acid groups (broad SMARTS) is 1. The zero-order valence-corrected chi connectivity index (χ0v) is 10.7. The van der Waals surface area contributed by atoms with Gasteiger partial charge in [-0.05, 0) is 18.2 Å². The fraction of sp³-hybridized carbons (Fsp3) is 0.182. The molecule has 2 aromatic rings. The molecule has 0 aliphatic heterocycles. The minimum absolute atomic E-state index is 0.143.